The Labute approximate surface area is 135 Å². The van der Waals surface area contributed by atoms with Gasteiger partial charge in [0.1, 0.15) is 0 Å². The molecule has 1 saturated heterocycles. The van der Waals surface area contributed by atoms with Crippen LogP contribution in [0.25, 0.3) is 0 Å². The van der Waals surface area contributed by atoms with Crippen LogP contribution >= 0.6 is 0 Å². The smallest absolute Gasteiger partial charge is 0.293 e. The zero-order chi connectivity index (χ0) is 16.4. The quantitative estimate of drug-likeness (QED) is 0.863. The van der Waals surface area contributed by atoms with Gasteiger partial charge in [-0.15, -0.1) is 0 Å². The minimum absolute atomic E-state index is 0.154. The molecule has 0 saturated carbocycles. The van der Waals surface area contributed by atoms with Crippen LogP contribution in [-0.2, 0) is 0 Å². The Morgan fingerprint density at radius 1 is 1.26 bits per heavy atom. The third-order valence-corrected chi connectivity index (χ3v) is 4.19. The summed E-state index contributed by atoms with van der Waals surface area (Å²) in [5.74, 6) is 1.43. The zero-order valence-corrected chi connectivity index (χ0v) is 13.8. The van der Waals surface area contributed by atoms with Crippen molar-refractivity contribution < 1.29 is 13.8 Å². The number of carbonyl (C=O) groups excluding carboxylic acids is 1. The van der Waals surface area contributed by atoms with E-state index in [4.69, 9.17) is 9.05 Å². The summed E-state index contributed by atoms with van der Waals surface area (Å²) in [6.45, 7) is 6.45. The minimum Gasteiger partial charge on any atom is -0.351 e. The Kier molecular flexibility index (Phi) is 4.45. The molecule has 1 aliphatic rings. The van der Waals surface area contributed by atoms with Gasteiger partial charge in [0.25, 0.3) is 5.91 Å². The van der Waals surface area contributed by atoms with E-state index < -0.39 is 0 Å². The van der Waals surface area contributed by atoms with Gasteiger partial charge < -0.3 is 13.9 Å². The SMILES string of the molecule is Cc1nc([C@@H]2CCCCCN2C(=O)c2cc(C(C)C)no2)no1. The predicted molar refractivity (Wildman–Crippen MR) is 81.9 cm³/mol. The van der Waals surface area contributed by atoms with Crippen molar-refractivity contribution in [2.75, 3.05) is 6.54 Å². The van der Waals surface area contributed by atoms with E-state index in [1.54, 1.807) is 17.9 Å². The van der Waals surface area contributed by atoms with Crippen LogP contribution in [0, 0.1) is 6.92 Å². The van der Waals surface area contributed by atoms with Gasteiger partial charge in [0.15, 0.2) is 5.82 Å². The lowest BCUT2D eigenvalue weighted by Crippen LogP contribution is -2.35. The molecule has 7 nitrogen and oxygen atoms in total. The highest BCUT2D eigenvalue weighted by atomic mass is 16.5. The Balaban J connectivity index is 1.87. The van der Waals surface area contributed by atoms with Crippen LogP contribution in [-0.4, -0.2) is 32.6 Å². The molecular weight excluding hydrogens is 296 g/mol. The highest BCUT2D eigenvalue weighted by Gasteiger charge is 2.32. The van der Waals surface area contributed by atoms with Gasteiger partial charge in [0, 0.05) is 19.5 Å². The molecule has 0 aromatic carbocycles. The van der Waals surface area contributed by atoms with Gasteiger partial charge in [-0.05, 0) is 18.8 Å². The fourth-order valence-electron chi connectivity index (χ4n) is 2.87. The molecule has 1 aliphatic heterocycles. The van der Waals surface area contributed by atoms with Gasteiger partial charge >= 0.3 is 0 Å². The number of aryl methyl sites for hydroxylation is 1. The third-order valence-electron chi connectivity index (χ3n) is 4.19. The first-order valence-corrected chi connectivity index (χ1v) is 8.14. The molecule has 0 aliphatic carbocycles. The first kappa shape index (κ1) is 15.7. The maximum Gasteiger partial charge on any atom is 0.293 e. The summed E-state index contributed by atoms with van der Waals surface area (Å²) < 4.78 is 10.4. The van der Waals surface area contributed by atoms with Crippen molar-refractivity contribution in [1.82, 2.24) is 20.2 Å². The molecule has 2 aromatic rings. The van der Waals surface area contributed by atoms with Crippen LogP contribution in [0.4, 0.5) is 0 Å². The van der Waals surface area contributed by atoms with Crippen LogP contribution in [0.5, 0.6) is 0 Å². The fraction of sp³-hybridized carbons (Fsp3) is 0.625. The molecule has 0 radical (unpaired) electrons. The molecule has 23 heavy (non-hydrogen) atoms. The number of likely N-dealkylation sites (tertiary alicyclic amines) is 1. The molecule has 0 unspecified atom stereocenters. The summed E-state index contributed by atoms with van der Waals surface area (Å²) in [6, 6.07) is 1.56. The van der Waals surface area contributed by atoms with Crippen LogP contribution in [0.2, 0.25) is 0 Å². The second kappa shape index (κ2) is 6.52. The molecular formula is C16H22N4O3. The van der Waals surface area contributed by atoms with Crippen molar-refractivity contribution in [1.29, 1.82) is 0 Å². The number of amides is 1. The first-order chi connectivity index (χ1) is 11.1. The Hall–Kier alpha value is -2.18. The normalized spacial score (nSPS) is 19.1. The van der Waals surface area contributed by atoms with Gasteiger partial charge in [0.05, 0.1) is 11.7 Å². The van der Waals surface area contributed by atoms with E-state index in [0.717, 1.165) is 31.4 Å². The highest BCUT2D eigenvalue weighted by molar-refractivity contribution is 5.91. The van der Waals surface area contributed by atoms with E-state index in [2.05, 4.69) is 15.3 Å². The van der Waals surface area contributed by atoms with Crippen molar-refractivity contribution in [2.45, 2.75) is 58.4 Å². The van der Waals surface area contributed by atoms with Gasteiger partial charge in [0.2, 0.25) is 11.7 Å². The van der Waals surface area contributed by atoms with E-state index in [1.807, 2.05) is 13.8 Å². The van der Waals surface area contributed by atoms with Crippen molar-refractivity contribution >= 4 is 5.91 Å². The summed E-state index contributed by atoms with van der Waals surface area (Å²) in [5.41, 5.74) is 0.787. The maximum absolute atomic E-state index is 12.9. The summed E-state index contributed by atoms with van der Waals surface area (Å²) >= 11 is 0. The molecule has 7 heteroatoms. The maximum atomic E-state index is 12.9. The Morgan fingerprint density at radius 2 is 2.09 bits per heavy atom. The topological polar surface area (TPSA) is 85.3 Å². The molecule has 3 rings (SSSR count). The zero-order valence-electron chi connectivity index (χ0n) is 13.8. The van der Waals surface area contributed by atoms with Crippen LogP contribution in [0.3, 0.4) is 0 Å². The largest absolute Gasteiger partial charge is 0.351 e. The van der Waals surface area contributed by atoms with Gasteiger partial charge in [-0.1, -0.05) is 37.0 Å². The Bertz CT molecular complexity index is 676. The fourth-order valence-corrected chi connectivity index (χ4v) is 2.87. The lowest BCUT2D eigenvalue weighted by Gasteiger charge is -2.26. The summed E-state index contributed by atoms with van der Waals surface area (Å²) in [7, 11) is 0. The van der Waals surface area contributed by atoms with Gasteiger partial charge in [-0.25, -0.2) is 0 Å². The third kappa shape index (κ3) is 3.28. The minimum atomic E-state index is -0.171. The average molecular weight is 318 g/mol. The number of rotatable bonds is 3. The van der Waals surface area contributed by atoms with E-state index in [9.17, 15) is 4.79 Å². The number of hydrogen-bond donors (Lipinski definition) is 0. The number of aromatic nitrogens is 3. The average Bonchev–Trinajstić information content (AvgIpc) is 3.10. The Morgan fingerprint density at radius 3 is 2.74 bits per heavy atom. The molecule has 1 fully saturated rings. The molecule has 1 atom stereocenters. The molecule has 2 aromatic heterocycles. The van der Waals surface area contributed by atoms with Crippen molar-refractivity contribution in [3.05, 3.63) is 29.2 Å². The van der Waals surface area contributed by atoms with Crippen molar-refractivity contribution in [2.24, 2.45) is 0 Å². The van der Waals surface area contributed by atoms with Gasteiger partial charge in [-0.3, -0.25) is 4.79 Å². The first-order valence-electron chi connectivity index (χ1n) is 8.14. The molecule has 0 N–H and O–H groups in total. The van der Waals surface area contributed by atoms with E-state index in [-0.39, 0.29) is 23.6 Å². The lowest BCUT2D eigenvalue weighted by atomic mass is 10.1. The predicted octanol–water partition coefficient (Wildman–Crippen LogP) is 3.25. The van der Waals surface area contributed by atoms with Crippen molar-refractivity contribution in [3.63, 3.8) is 0 Å². The van der Waals surface area contributed by atoms with Gasteiger partial charge in [-0.2, -0.15) is 4.98 Å². The summed E-state index contributed by atoms with van der Waals surface area (Å²) in [6.07, 6.45) is 3.92. The van der Waals surface area contributed by atoms with Crippen molar-refractivity contribution in [3.8, 4) is 0 Å². The van der Waals surface area contributed by atoms with E-state index >= 15 is 0 Å². The second-order valence-electron chi connectivity index (χ2n) is 6.31. The highest BCUT2D eigenvalue weighted by Crippen LogP contribution is 2.30. The number of nitrogens with zero attached hydrogens (tertiary/aromatic N) is 4. The molecule has 3 heterocycles. The number of hydrogen-bond acceptors (Lipinski definition) is 6. The molecule has 1 amide bonds. The molecule has 124 valence electrons. The van der Waals surface area contributed by atoms with Crippen LogP contribution in [0.15, 0.2) is 15.1 Å². The molecule has 0 spiro atoms. The van der Waals surface area contributed by atoms with E-state index in [0.29, 0.717) is 18.3 Å². The van der Waals surface area contributed by atoms with Crippen LogP contribution < -0.4 is 0 Å². The van der Waals surface area contributed by atoms with Crippen LogP contribution in [0.1, 0.15) is 79.5 Å². The standard InChI is InChI=1S/C16H22N4O3/c1-10(2)12-9-14(23-18-12)16(21)20-8-6-4-5-7-13(20)15-17-11(3)22-19-15/h9-10,13H,4-8H2,1-3H3/t13-/m0/s1. The molecule has 0 bridgehead atoms. The lowest BCUT2D eigenvalue weighted by molar-refractivity contribution is 0.0627. The number of carbonyl (C=O) groups is 1. The van der Waals surface area contributed by atoms with E-state index in [1.165, 1.54) is 0 Å². The second-order valence-corrected chi connectivity index (χ2v) is 6.31. The summed E-state index contributed by atoms with van der Waals surface area (Å²) in [4.78, 5) is 19.0. The monoisotopic (exact) mass is 318 g/mol. The summed E-state index contributed by atoms with van der Waals surface area (Å²) in [5, 5.41) is 8.00.